The molecule has 0 aliphatic heterocycles. The molecule has 15 heavy (non-hydrogen) atoms. The van der Waals surface area contributed by atoms with Crippen LogP contribution in [-0.2, 0) is 14.4 Å². The molecule has 0 spiro atoms. The molecule has 0 aromatic heterocycles. The summed E-state index contributed by atoms with van der Waals surface area (Å²) in [6.45, 7) is 3.27. The Morgan fingerprint density at radius 1 is 1.60 bits per heavy atom. The summed E-state index contributed by atoms with van der Waals surface area (Å²) in [5.41, 5.74) is -1.10. The van der Waals surface area contributed by atoms with Gasteiger partial charge in [0.2, 0.25) is 0 Å². The van der Waals surface area contributed by atoms with Crippen molar-refractivity contribution in [2.24, 2.45) is 11.3 Å². The summed E-state index contributed by atoms with van der Waals surface area (Å²) in [6.07, 6.45) is 2.91. The maximum absolute atomic E-state index is 11.6. The van der Waals surface area contributed by atoms with E-state index in [1.54, 1.807) is 6.92 Å². The standard InChI is InChI=1S/C11H14O4/c1-3-11(2,10(14)15)8-5-4-7(12)6-9(8)13/h4-5,8H,3,6H2,1-2H3,(H,14,15). The van der Waals surface area contributed by atoms with E-state index in [-0.39, 0.29) is 18.0 Å². The number of carboxylic acids is 1. The van der Waals surface area contributed by atoms with Crippen LogP contribution in [0, 0.1) is 11.3 Å². The molecule has 1 aliphatic carbocycles. The monoisotopic (exact) mass is 210 g/mol. The van der Waals surface area contributed by atoms with Crippen molar-refractivity contribution in [3.05, 3.63) is 12.2 Å². The Balaban J connectivity index is 3.05. The minimum atomic E-state index is -1.10. The van der Waals surface area contributed by atoms with Crippen LogP contribution in [0.2, 0.25) is 0 Å². The fraction of sp³-hybridized carbons (Fsp3) is 0.545. The van der Waals surface area contributed by atoms with E-state index in [1.165, 1.54) is 19.1 Å². The number of aliphatic carboxylic acids is 1. The Bertz CT molecular complexity index is 342. The molecule has 0 saturated carbocycles. The molecule has 0 amide bonds. The number of hydrogen-bond donors (Lipinski definition) is 1. The average Bonchev–Trinajstić information content (AvgIpc) is 2.16. The molecule has 0 saturated heterocycles. The predicted octanol–water partition coefficient (Wildman–Crippen LogP) is 1.20. The van der Waals surface area contributed by atoms with Crippen molar-refractivity contribution in [3.8, 4) is 0 Å². The first-order valence-corrected chi connectivity index (χ1v) is 4.89. The topological polar surface area (TPSA) is 71.4 Å². The lowest BCUT2D eigenvalue weighted by Crippen LogP contribution is -2.40. The van der Waals surface area contributed by atoms with Crippen molar-refractivity contribution in [1.29, 1.82) is 0 Å². The molecule has 1 rings (SSSR count). The smallest absolute Gasteiger partial charge is 0.310 e. The molecular weight excluding hydrogens is 196 g/mol. The van der Waals surface area contributed by atoms with Crippen LogP contribution >= 0.6 is 0 Å². The second-order valence-corrected chi connectivity index (χ2v) is 4.02. The fourth-order valence-corrected chi connectivity index (χ4v) is 1.72. The molecule has 2 atom stereocenters. The van der Waals surface area contributed by atoms with Crippen molar-refractivity contribution >= 4 is 17.5 Å². The lowest BCUT2D eigenvalue weighted by Gasteiger charge is -2.31. The van der Waals surface area contributed by atoms with Gasteiger partial charge in [0, 0.05) is 0 Å². The number of allylic oxidation sites excluding steroid dienone is 2. The van der Waals surface area contributed by atoms with Crippen LogP contribution in [0.4, 0.5) is 0 Å². The second kappa shape index (κ2) is 3.96. The molecule has 0 fully saturated rings. The maximum atomic E-state index is 11.6. The van der Waals surface area contributed by atoms with E-state index < -0.39 is 17.3 Å². The predicted molar refractivity (Wildman–Crippen MR) is 53.3 cm³/mol. The largest absolute Gasteiger partial charge is 0.481 e. The lowest BCUT2D eigenvalue weighted by atomic mass is 9.70. The number of hydrogen-bond acceptors (Lipinski definition) is 3. The van der Waals surface area contributed by atoms with Gasteiger partial charge in [-0.1, -0.05) is 13.0 Å². The van der Waals surface area contributed by atoms with Gasteiger partial charge in [0.1, 0.15) is 5.78 Å². The van der Waals surface area contributed by atoms with E-state index in [9.17, 15) is 14.4 Å². The van der Waals surface area contributed by atoms with E-state index in [0.717, 1.165) is 0 Å². The highest BCUT2D eigenvalue weighted by Crippen LogP contribution is 2.35. The van der Waals surface area contributed by atoms with E-state index in [2.05, 4.69) is 0 Å². The molecule has 4 nitrogen and oxygen atoms in total. The third kappa shape index (κ3) is 1.98. The van der Waals surface area contributed by atoms with Crippen LogP contribution in [0.15, 0.2) is 12.2 Å². The summed E-state index contributed by atoms with van der Waals surface area (Å²) < 4.78 is 0. The average molecular weight is 210 g/mol. The number of carbonyl (C=O) groups excluding carboxylic acids is 2. The zero-order chi connectivity index (χ0) is 11.6. The van der Waals surface area contributed by atoms with Crippen molar-refractivity contribution in [3.63, 3.8) is 0 Å². The SMILES string of the molecule is CCC(C)(C(=O)O)C1C=CC(=O)CC1=O. The Hall–Kier alpha value is -1.45. The maximum Gasteiger partial charge on any atom is 0.310 e. The first-order valence-electron chi connectivity index (χ1n) is 4.89. The van der Waals surface area contributed by atoms with E-state index in [1.807, 2.05) is 0 Å². The number of carboxylic acid groups (broad SMARTS) is 1. The van der Waals surface area contributed by atoms with E-state index in [0.29, 0.717) is 6.42 Å². The van der Waals surface area contributed by atoms with Gasteiger partial charge in [-0.3, -0.25) is 14.4 Å². The van der Waals surface area contributed by atoms with Gasteiger partial charge in [0.05, 0.1) is 17.8 Å². The molecule has 0 aromatic rings. The minimum Gasteiger partial charge on any atom is -0.481 e. The van der Waals surface area contributed by atoms with Gasteiger partial charge in [0.15, 0.2) is 5.78 Å². The van der Waals surface area contributed by atoms with Gasteiger partial charge in [-0.25, -0.2) is 0 Å². The summed E-state index contributed by atoms with van der Waals surface area (Å²) in [5, 5.41) is 9.10. The normalized spacial score (nSPS) is 25.1. The van der Waals surface area contributed by atoms with Crippen LogP contribution < -0.4 is 0 Å². The number of rotatable bonds is 3. The van der Waals surface area contributed by atoms with Crippen LogP contribution in [0.5, 0.6) is 0 Å². The van der Waals surface area contributed by atoms with Crippen LogP contribution in [-0.4, -0.2) is 22.6 Å². The Kier molecular flexibility index (Phi) is 3.07. The Labute approximate surface area is 88.0 Å². The quantitative estimate of drug-likeness (QED) is 0.710. The Morgan fingerprint density at radius 2 is 2.20 bits per heavy atom. The number of ketones is 2. The van der Waals surface area contributed by atoms with Gasteiger partial charge in [-0.05, 0) is 19.4 Å². The molecular formula is C11H14O4. The Morgan fingerprint density at radius 3 is 2.60 bits per heavy atom. The van der Waals surface area contributed by atoms with Gasteiger partial charge in [-0.2, -0.15) is 0 Å². The third-order valence-electron chi connectivity index (χ3n) is 3.08. The van der Waals surface area contributed by atoms with Crippen LogP contribution in [0.1, 0.15) is 26.7 Å². The summed E-state index contributed by atoms with van der Waals surface area (Å²) in [6, 6.07) is 0. The minimum absolute atomic E-state index is 0.177. The van der Waals surface area contributed by atoms with Crippen LogP contribution in [0.3, 0.4) is 0 Å². The van der Waals surface area contributed by atoms with Crippen LogP contribution in [0.25, 0.3) is 0 Å². The summed E-state index contributed by atoms with van der Waals surface area (Å²) in [7, 11) is 0. The molecule has 82 valence electrons. The first-order chi connectivity index (χ1) is 6.91. The molecule has 1 aliphatic rings. The van der Waals surface area contributed by atoms with Gasteiger partial charge in [-0.15, -0.1) is 0 Å². The molecule has 1 N–H and O–H groups in total. The van der Waals surface area contributed by atoms with E-state index in [4.69, 9.17) is 5.11 Å². The fourth-order valence-electron chi connectivity index (χ4n) is 1.72. The first kappa shape index (κ1) is 11.6. The molecule has 0 heterocycles. The molecule has 0 aromatic carbocycles. The van der Waals surface area contributed by atoms with Gasteiger partial charge >= 0.3 is 5.97 Å². The molecule has 2 unspecified atom stereocenters. The highest BCUT2D eigenvalue weighted by Gasteiger charge is 2.43. The van der Waals surface area contributed by atoms with Crippen molar-refractivity contribution < 1.29 is 19.5 Å². The zero-order valence-electron chi connectivity index (χ0n) is 8.82. The van der Waals surface area contributed by atoms with E-state index >= 15 is 0 Å². The van der Waals surface area contributed by atoms with Crippen molar-refractivity contribution in [2.75, 3.05) is 0 Å². The number of Topliss-reactive ketones (excluding diaryl/α,β-unsaturated/α-hetero) is 1. The van der Waals surface area contributed by atoms with Gasteiger partial charge < -0.3 is 5.11 Å². The highest BCUT2D eigenvalue weighted by molar-refractivity contribution is 6.09. The second-order valence-electron chi connectivity index (χ2n) is 4.02. The highest BCUT2D eigenvalue weighted by atomic mass is 16.4. The zero-order valence-corrected chi connectivity index (χ0v) is 8.82. The summed E-state index contributed by atoms with van der Waals surface area (Å²) in [4.78, 5) is 33.6. The van der Waals surface area contributed by atoms with Gasteiger partial charge in [0.25, 0.3) is 0 Å². The summed E-state index contributed by atoms with van der Waals surface area (Å²) >= 11 is 0. The number of carbonyl (C=O) groups is 3. The molecule has 0 bridgehead atoms. The van der Waals surface area contributed by atoms with Crippen molar-refractivity contribution in [1.82, 2.24) is 0 Å². The molecule has 4 heteroatoms. The molecule has 0 radical (unpaired) electrons. The van der Waals surface area contributed by atoms with Crippen molar-refractivity contribution in [2.45, 2.75) is 26.7 Å². The lowest BCUT2D eigenvalue weighted by molar-refractivity contribution is -0.154. The summed E-state index contributed by atoms with van der Waals surface area (Å²) in [5.74, 6) is -2.23. The third-order valence-corrected chi connectivity index (χ3v) is 3.08.